The van der Waals surface area contributed by atoms with E-state index in [0.717, 1.165) is 88.9 Å². The Bertz CT molecular complexity index is 1130. The van der Waals surface area contributed by atoms with Crippen LogP contribution in [-0.4, -0.2) is 67.6 Å². The van der Waals surface area contributed by atoms with E-state index in [2.05, 4.69) is 39.8 Å². The van der Waals surface area contributed by atoms with E-state index in [1.165, 1.54) is 11.3 Å². The molecular weight excluding hydrogens is 428 g/mol. The zero-order valence-electron chi connectivity index (χ0n) is 20.4. The maximum absolute atomic E-state index is 12.7. The van der Waals surface area contributed by atoms with Crippen molar-refractivity contribution in [1.29, 1.82) is 0 Å². The zero-order valence-corrected chi connectivity index (χ0v) is 20.4. The van der Waals surface area contributed by atoms with Gasteiger partial charge in [0.25, 0.3) is 5.56 Å². The smallest absolute Gasteiger partial charge is 0.255 e. The van der Waals surface area contributed by atoms with Crippen LogP contribution < -0.4 is 21.1 Å². The second-order valence-electron chi connectivity index (χ2n) is 10.5. The van der Waals surface area contributed by atoms with Crippen molar-refractivity contribution in [2.75, 3.05) is 56.6 Å². The third-order valence-electron chi connectivity index (χ3n) is 7.92. The molecule has 8 heteroatoms. The Labute approximate surface area is 201 Å². The number of primary amides is 1. The Morgan fingerprint density at radius 1 is 1.21 bits per heavy atom. The summed E-state index contributed by atoms with van der Waals surface area (Å²) in [5.41, 5.74) is 10.6. The van der Waals surface area contributed by atoms with Crippen LogP contribution in [0.15, 0.2) is 23.0 Å². The molecule has 8 nitrogen and oxygen atoms in total. The van der Waals surface area contributed by atoms with E-state index in [1.54, 1.807) is 0 Å². The van der Waals surface area contributed by atoms with E-state index in [-0.39, 0.29) is 16.9 Å². The Hall–Kier alpha value is -2.87. The number of carbonyl (C=O) groups is 1. The average Bonchev–Trinajstić information content (AvgIpc) is 3.11. The third kappa shape index (κ3) is 4.19. The molecule has 1 aromatic heterocycles. The Morgan fingerprint density at radius 2 is 1.97 bits per heavy atom. The van der Waals surface area contributed by atoms with E-state index in [4.69, 9.17) is 10.7 Å². The predicted octanol–water partition coefficient (Wildman–Crippen LogP) is 2.06. The van der Waals surface area contributed by atoms with Crippen LogP contribution >= 0.6 is 0 Å². The van der Waals surface area contributed by atoms with Crippen molar-refractivity contribution >= 4 is 17.5 Å². The number of aryl methyl sites for hydroxylation is 1. The summed E-state index contributed by atoms with van der Waals surface area (Å²) in [4.78, 5) is 39.4. The van der Waals surface area contributed by atoms with E-state index in [0.29, 0.717) is 11.5 Å². The second-order valence-corrected chi connectivity index (χ2v) is 10.5. The minimum absolute atomic E-state index is 0.0100. The summed E-state index contributed by atoms with van der Waals surface area (Å²) in [6, 6.07) is 5.96. The Balaban J connectivity index is 1.38. The van der Waals surface area contributed by atoms with Gasteiger partial charge in [0.15, 0.2) is 0 Å². The van der Waals surface area contributed by atoms with Crippen molar-refractivity contribution in [2.45, 2.75) is 50.4 Å². The number of carbonyl (C=O) groups excluding carboxylic acids is 1. The maximum Gasteiger partial charge on any atom is 0.255 e. The predicted molar refractivity (Wildman–Crippen MR) is 135 cm³/mol. The van der Waals surface area contributed by atoms with Gasteiger partial charge in [0.2, 0.25) is 11.9 Å². The number of rotatable bonds is 6. The summed E-state index contributed by atoms with van der Waals surface area (Å²) in [6.45, 7) is 4.65. The van der Waals surface area contributed by atoms with Gasteiger partial charge in [-0.2, -0.15) is 0 Å². The van der Waals surface area contributed by atoms with Gasteiger partial charge in [-0.15, -0.1) is 0 Å². The zero-order chi connectivity index (χ0) is 23.9. The van der Waals surface area contributed by atoms with Crippen LogP contribution in [0.3, 0.4) is 0 Å². The molecule has 1 fully saturated rings. The first-order valence-electron chi connectivity index (χ1n) is 12.6. The molecule has 0 unspecified atom stereocenters. The number of hydrogen-bond donors (Lipinski definition) is 2. The molecule has 0 atom stereocenters. The molecule has 0 bridgehead atoms. The number of nitrogens with zero attached hydrogens (tertiary/aromatic N) is 4. The maximum atomic E-state index is 12.7. The molecular formula is C26H36N6O2. The molecule has 3 aliphatic rings. The number of piperidine rings is 1. The molecule has 0 radical (unpaired) electrons. The lowest BCUT2D eigenvalue weighted by molar-refractivity contribution is 0.1000. The standard InChI is InChI=1S/C26H36N6O2/c1-30(2)12-5-13-32-17-26(20-16-18(23(27)33)8-9-22(20)32)10-14-31(15-11-26)25-28-21-7-4-3-6-19(21)24(34)29-25/h8-9,16H,3-7,10-15,17H2,1-2H3,(H2,27,33)(H,28,29,34). The number of nitrogens with one attached hydrogen (secondary N) is 1. The molecule has 1 aliphatic carbocycles. The highest BCUT2D eigenvalue weighted by atomic mass is 16.1. The number of nitrogens with two attached hydrogens (primary N) is 1. The summed E-state index contributed by atoms with van der Waals surface area (Å²) in [7, 11) is 4.21. The first kappa shape index (κ1) is 22.9. The number of aromatic amines is 1. The number of amides is 1. The first-order valence-corrected chi connectivity index (χ1v) is 12.6. The lowest BCUT2D eigenvalue weighted by Crippen LogP contribution is -2.46. The third-order valence-corrected chi connectivity index (χ3v) is 7.92. The van der Waals surface area contributed by atoms with Gasteiger partial charge in [-0.3, -0.25) is 14.6 Å². The fraction of sp³-hybridized carbons (Fsp3) is 0.577. The van der Waals surface area contributed by atoms with Gasteiger partial charge in [0, 0.05) is 48.4 Å². The molecule has 182 valence electrons. The van der Waals surface area contributed by atoms with Crippen LogP contribution in [0.2, 0.25) is 0 Å². The summed E-state index contributed by atoms with van der Waals surface area (Å²) >= 11 is 0. The Morgan fingerprint density at radius 3 is 2.71 bits per heavy atom. The summed E-state index contributed by atoms with van der Waals surface area (Å²) in [5, 5.41) is 0. The molecule has 5 rings (SSSR count). The monoisotopic (exact) mass is 464 g/mol. The second kappa shape index (κ2) is 9.06. The number of benzene rings is 1. The van der Waals surface area contributed by atoms with Crippen molar-refractivity contribution in [3.05, 3.63) is 50.9 Å². The van der Waals surface area contributed by atoms with Gasteiger partial charge in [-0.05, 0) is 89.3 Å². The van der Waals surface area contributed by atoms with Crippen molar-refractivity contribution in [2.24, 2.45) is 5.73 Å². The van der Waals surface area contributed by atoms with Crippen molar-refractivity contribution in [3.8, 4) is 0 Å². The van der Waals surface area contributed by atoms with E-state index in [9.17, 15) is 9.59 Å². The number of hydrogen-bond acceptors (Lipinski definition) is 6. The molecule has 1 spiro atoms. The fourth-order valence-electron chi connectivity index (χ4n) is 6.02. The van der Waals surface area contributed by atoms with Crippen molar-refractivity contribution < 1.29 is 4.79 Å². The van der Waals surface area contributed by atoms with Crippen LogP contribution in [0, 0.1) is 0 Å². The van der Waals surface area contributed by atoms with Crippen molar-refractivity contribution in [1.82, 2.24) is 14.9 Å². The molecule has 3 heterocycles. The lowest BCUT2D eigenvalue weighted by Gasteiger charge is -2.40. The number of H-pyrrole nitrogens is 1. The van der Waals surface area contributed by atoms with Crippen molar-refractivity contribution in [3.63, 3.8) is 0 Å². The van der Waals surface area contributed by atoms with Crippen LogP contribution in [0.5, 0.6) is 0 Å². The molecule has 0 saturated carbocycles. The van der Waals surface area contributed by atoms with E-state index >= 15 is 0 Å². The van der Waals surface area contributed by atoms with Crippen LogP contribution in [0.1, 0.15) is 59.3 Å². The minimum Gasteiger partial charge on any atom is -0.370 e. The van der Waals surface area contributed by atoms with E-state index in [1.807, 2.05) is 12.1 Å². The number of fused-ring (bicyclic) bond motifs is 3. The van der Waals surface area contributed by atoms with Crippen LogP contribution in [0.25, 0.3) is 0 Å². The fourth-order valence-corrected chi connectivity index (χ4v) is 6.02. The SMILES string of the molecule is CN(C)CCCN1CC2(CCN(c3nc4c(c(=O)[nH]3)CCCC4)CC2)c2cc(C(N)=O)ccc21. The van der Waals surface area contributed by atoms with Gasteiger partial charge in [0.05, 0.1) is 5.69 Å². The van der Waals surface area contributed by atoms with Gasteiger partial charge in [-0.1, -0.05) is 0 Å². The van der Waals surface area contributed by atoms with Crippen LogP contribution in [0.4, 0.5) is 11.6 Å². The van der Waals surface area contributed by atoms with E-state index < -0.39 is 0 Å². The van der Waals surface area contributed by atoms with Gasteiger partial charge in [-0.25, -0.2) is 4.98 Å². The first-order chi connectivity index (χ1) is 16.4. The van der Waals surface area contributed by atoms with Gasteiger partial charge >= 0.3 is 0 Å². The minimum atomic E-state index is -0.378. The van der Waals surface area contributed by atoms with Crippen LogP contribution in [-0.2, 0) is 18.3 Å². The number of anilines is 2. The molecule has 2 aliphatic heterocycles. The molecule has 1 aromatic carbocycles. The highest BCUT2D eigenvalue weighted by molar-refractivity contribution is 5.94. The molecule has 2 aromatic rings. The molecule has 3 N–H and O–H groups in total. The molecule has 1 amide bonds. The number of aromatic nitrogens is 2. The molecule has 1 saturated heterocycles. The lowest BCUT2D eigenvalue weighted by atomic mass is 9.74. The summed E-state index contributed by atoms with van der Waals surface area (Å²) in [5.74, 6) is 0.338. The normalized spacial score (nSPS) is 18.9. The highest BCUT2D eigenvalue weighted by Gasteiger charge is 2.45. The largest absolute Gasteiger partial charge is 0.370 e. The van der Waals surface area contributed by atoms with Gasteiger partial charge < -0.3 is 20.4 Å². The Kier molecular flexibility index (Phi) is 6.10. The average molecular weight is 465 g/mol. The highest BCUT2D eigenvalue weighted by Crippen LogP contribution is 2.47. The topological polar surface area (TPSA) is 98.6 Å². The van der Waals surface area contributed by atoms with Gasteiger partial charge in [0.1, 0.15) is 0 Å². The summed E-state index contributed by atoms with van der Waals surface area (Å²) in [6.07, 6.45) is 6.90. The summed E-state index contributed by atoms with van der Waals surface area (Å²) < 4.78 is 0. The quantitative estimate of drug-likeness (QED) is 0.679. The molecule has 34 heavy (non-hydrogen) atoms.